The van der Waals surface area contributed by atoms with Crippen molar-refractivity contribution >= 4 is 5.91 Å². The van der Waals surface area contributed by atoms with E-state index < -0.39 is 0 Å². The van der Waals surface area contributed by atoms with Crippen molar-refractivity contribution in [2.45, 2.75) is 32.1 Å². The number of carbonyl (C=O) groups is 1. The molecule has 2 unspecified atom stereocenters. The van der Waals surface area contributed by atoms with Gasteiger partial charge >= 0.3 is 0 Å². The maximum Gasteiger partial charge on any atom is 0.224 e. The third-order valence-electron chi connectivity index (χ3n) is 4.20. The molecule has 0 spiro atoms. The summed E-state index contributed by atoms with van der Waals surface area (Å²) in [4.78, 5) is 14.3. The molecule has 1 aliphatic rings. The summed E-state index contributed by atoms with van der Waals surface area (Å²) in [5.41, 5.74) is 1.12. The Morgan fingerprint density at radius 3 is 2.50 bits per heavy atom. The molecule has 2 aromatic rings. The fourth-order valence-corrected chi connectivity index (χ4v) is 2.91. The largest absolute Gasteiger partial charge is 0.494 e. The summed E-state index contributed by atoms with van der Waals surface area (Å²) < 4.78 is 11.6. The monoisotopic (exact) mass is 325 g/mol. The Morgan fingerprint density at radius 1 is 1.12 bits per heavy atom. The molecule has 4 heteroatoms. The van der Waals surface area contributed by atoms with E-state index in [0.29, 0.717) is 26.0 Å². The molecular weight excluding hydrogens is 302 g/mol. The highest BCUT2D eigenvalue weighted by atomic mass is 16.5. The third kappa shape index (κ3) is 4.15. The number of ether oxygens (including phenoxy) is 2. The van der Waals surface area contributed by atoms with Crippen molar-refractivity contribution in [1.29, 1.82) is 0 Å². The van der Waals surface area contributed by atoms with Gasteiger partial charge in [0, 0.05) is 6.42 Å². The molecule has 1 amide bonds. The fourth-order valence-electron chi connectivity index (χ4n) is 2.91. The Morgan fingerprint density at radius 2 is 1.79 bits per heavy atom. The summed E-state index contributed by atoms with van der Waals surface area (Å²) in [6, 6.07) is 19.7. The minimum atomic E-state index is -0.183. The molecule has 3 rings (SSSR count). The molecule has 4 nitrogen and oxygen atoms in total. The van der Waals surface area contributed by atoms with Crippen molar-refractivity contribution < 1.29 is 14.3 Å². The lowest BCUT2D eigenvalue weighted by atomic mass is 10.1. The van der Waals surface area contributed by atoms with Crippen LogP contribution in [0.25, 0.3) is 0 Å². The Bertz CT molecular complexity index is 644. The number of carbonyl (C=O) groups excluding carboxylic acids is 1. The minimum absolute atomic E-state index is 0.0364. The summed E-state index contributed by atoms with van der Waals surface area (Å²) in [7, 11) is 0. The number of rotatable bonds is 6. The molecule has 1 heterocycles. The topological polar surface area (TPSA) is 38.8 Å². The van der Waals surface area contributed by atoms with Crippen LogP contribution in [0, 0.1) is 0 Å². The number of benzene rings is 2. The van der Waals surface area contributed by atoms with Crippen molar-refractivity contribution in [3.63, 3.8) is 0 Å². The van der Waals surface area contributed by atoms with E-state index in [-0.39, 0.29) is 18.2 Å². The highest BCUT2D eigenvalue weighted by Gasteiger charge is 2.33. The maximum absolute atomic E-state index is 12.4. The van der Waals surface area contributed by atoms with Gasteiger partial charge in [0.2, 0.25) is 5.91 Å². The molecule has 1 aliphatic heterocycles. The van der Waals surface area contributed by atoms with Crippen LogP contribution >= 0.6 is 0 Å². The van der Waals surface area contributed by atoms with E-state index in [9.17, 15) is 4.79 Å². The van der Waals surface area contributed by atoms with E-state index in [1.54, 1.807) is 0 Å². The second-order valence-electron chi connectivity index (χ2n) is 5.95. The van der Waals surface area contributed by atoms with Crippen LogP contribution in [0.2, 0.25) is 0 Å². The molecule has 0 aromatic heterocycles. The molecule has 126 valence electrons. The van der Waals surface area contributed by atoms with Crippen molar-refractivity contribution in [3.8, 4) is 5.75 Å². The van der Waals surface area contributed by atoms with Crippen LogP contribution in [-0.2, 0) is 9.53 Å². The number of amides is 1. The molecule has 0 bridgehead atoms. The lowest BCUT2D eigenvalue weighted by Crippen LogP contribution is -2.34. The number of para-hydroxylation sites is 1. The zero-order chi connectivity index (χ0) is 16.8. The molecular formula is C20H23NO3. The summed E-state index contributed by atoms with van der Waals surface area (Å²) in [6.45, 7) is 3.09. The molecule has 0 aliphatic carbocycles. The van der Waals surface area contributed by atoms with Gasteiger partial charge in [0.1, 0.15) is 18.1 Å². The molecule has 24 heavy (non-hydrogen) atoms. The van der Waals surface area contributed by atoms with E-state index in [1.165, 1.54) is 0 Å². The standard InChI is InChI=1S/C20H23NO3/c1-16-21(15-19(24-16)17-9-4-2-5-10-17)20(22)13-8-14-23-18-11-6-3-7-12-18/h2-7,9-12,16,19H,8,13-15H2,1H3. The lowest BCUT2D eigenvalue weighted by Gasteiger charge is -2.19. The average Bonchev–Trinajstić information content (AvgIpc) is 3.02. The highest BCUT2D eigenvalue weighted by Crippen LogP contribution is 2.29. The van der Waals surface area contributed by atoms with Crippen LogP contribution in [0.5, 0.6) is 5.75 Å². The number of hydrogen-bond acceptors (Lipinski definition) is 3. The minimum Gasteiger partial charge on any atom is -0.494 e. The Balaban J connectivity index is 1.45. The number of hydrogen-bond donors (Lipinski definition) is 0. The van der Waals surface area contributed by atoms with Crippen LogP contribution in [-0.4, -0.2) is 30.2 Å². The Hall–Kier alpha value is -2.33. The second kappa shape index (κ2) is 7.97. The Labute approximate surface area is 143 Å². The van der Waals surface area contributed by atoms with Gasteiger partial charge in [-0.1, -0.05) is 48.5 Å². The Kier molecular flexibility index (Phi) is 5.49. The zero-order valence-electron chi connectivity index (χ0n) is 13.9. The van der Waals surface area contributed by atoms with Crippen molar-refractivity contribution in [3.05, 3.63) is 66.2 Å². The van der Waals surface area contributed by atoms with Gasteiger partial charge in [-0.2, -0.15) is 0 Å². The van der Waals surface area contributed by atoms with Crippen molar-refractivity contribution in [2.75, 3.05) is 13.2 Å². The van der Waals surface area contributed by atoms with Crippen molar-refractivity contribution in [1.82, 2.24) is 4.90 Å². The molecule has 2 aromatic carbocycles. The first kappa shape index (κ1) is 16.5. The van der Waals surface area contributed by atoms with E-state index >= 15 is 0 Å². The van der Waals surface area contributed by atoms with Gasteiger partial charge in [0.25, 0.3) is 0 Å². The van der Waals surface area contributed by atoms with Gasteiger partial charge in [-0.05, 0) is 31.0 Å². The molecule has 0 N–H and O–H groups in total. The summed E-state index contributed by atoms with van der Waals surface area (Å²) >= 11 is 0. The van der Waals surface area contributed by atoms with Crippen molar-refractivity contribution in [2.24, 2.45) is 0 Å². The quantitative estimate of drug-likeness (QED) is 0.759. The van der Waals surface area contributed by atoms with Crippen LogP contribution in [0.15, 0.2) is 60.7 Å². The van der Waals surface area contributed by atoms with Crippen LogP contribution in [0.3, 0.4) is 0 Å². The SMILES string of the molecule is CC1OC(c2ccccc2)CN1C(=O)CCCOc1ccccc1. The number of nitrogens with zero attached hydrogens (tertiary/aromatic N) is 1. The van der Waals surface area contributed by atoms with Gasteiger partial charge in [-0.25, -0.2) is 0 Å². The normalized spacial score (nSPS) is 20.1. The van der Waals surface area contributed by atoms with E-state index in [2.05, 4.69) is 0 Å². The summed E-state index contributed by atoms with van der Waals surface area (Å²) in [6.07, 6.45) is 0.957. The first-order valence-corrected chi connectivity index (χ1v) is 8.42. The predicted octanol–water partition coefficient (Wildman–Crippen LogP) is 3.79. The molecule has 1 saturated heterocycles. The summed E-state index contributed by atoms with van der Waals surface area (Å²) in [5.74, 6) is 0.963. The second-order valence-corrected chi connectivity index (χ2v) is 5.95. The van der Waals surface area contributed by atoms with Gasteiger partial charge in [0.05, 0.1) is 13.2 Å². The van der Waals surface area contributed by atoms with Gasteiger partial charge in [-0.15, -0.1) is 0 Å². The smallest absolute Gasteiger partial charge is 0.224 e. The first-order chi connectivity index (χ1) is 11.7. The van der Waals surface area contributed by atoms with Crippen LogP contribution < -0.4 is 4.74 Å². The molecule has 2 atom stereocenters. The molecule has 0 radical (unpaired) electrons. The molecule has 0 saturated carbocycles. The third-order valence-corrected chi connectivity index (χ3v) is 4.20. The first-order valence-electron chi connectivity index (χ1n) is 8.42. The van der Waals surface area contributed by atoms with Gasteiger partial charge in [0.15, 0.2) is 0 Å². The highest BCUT2D eigenvalue weighted by molar-refractivity contribution is 5.76. The van der Waals surface area contributed by atoms with Gasteiger partial charge < -0.3 is 14.4 Å². The summed E-state index contributed by atoms with van der Waals surface area (Å²) in [5, 5.41) is 0. The molecule has 1 fully saturated rings. The van der Waals surface area contributed by atoms with E-state index in [4.69, 9.17) is 9.47 Å². The zero-order valence-corrected chi connectivity index (χ0v) is 13.9. The predicted molar refractivity (Wildman–Crippen MR) is 92.6 cm³/mol. The van der Waals surface area contributed by atoms with Crippen LogP contribution in [0.1, 0.15) is 31.4 Å². The lowest BCUT2D eigenvalue weighted by molar-refractivity contribution is -0.135. The maximum atomic E-state index is 12.4. The van der Waals surface area contributed by atoms with E-state index in [0.717, 1.165) is 11.3 Å². The van der Waals surface area contributed by atoms with Gasteiger partial charge in [-0.3, -0.25) is 4.79 Å². The fraction of sp³-hybridized carbons (Fsp3) is 0.350. The average molecular weight is 325 g/mol. The van der Waals surface area contributed by atoms with E-state index in [1.807, 2.05) is 72.5 Å². The van der Waals surface area contributed by atoms with Crippen LogP contribution in [0.4, 0.5) is 0 Å².